The van der Waals surface area contributed by atoms with Crippen LogP contribution < -0.4 is 21.4 Å². The smallest absolute Gasteiger partial charge is 0.408 e. The summed E-state index contributed by atoms with van der Waals surface area (Å²) in [6.45, 7) is 0.518. The number of carbonyl (C=O) groups excluding carboxylic acids is 2. The van der Waals surface area contributed by atoms with Gasteiger partial charge in [-0.1, -0.05) is 36.4 Å². The van der Waals surface area contributed by atoms with E-state index < -0.39 is 30.1 Å². The molecule has 1 aliphatic heterocycles. The summed E-state index contributed by atoms with van der Waals surface area (Å²) in [7, 11) is 0. The Morgan fingerprint density at radius 2 is 1.92 bits per heavy atom. The quantitative estimate of drug-likeness (QED) is 0.250. The number of alkyl carbamates (subject to hydrolysis) is 1. The lowest BCUT2D eigenvalue weighted by atomic mass is 10.1. The minimum Gasteiger partial charge on any atom is -0.480 e. The number of anilines is 1. The predicted molar refractivity (Wildman–Crippen MR) is 134 cm³/mol. The van der Waals surface area contributed by atoms with Crippen molar-refractivity contribution in [2.45, 2.75) is 50.5 Å². The SMILES string of the molecule is Cl.O=C(N[C@@H](CNC(=O)[C@@H]1C[C@@H](CCCCNc2ccccn2)ON1)C(=O)O)OCc1ccccc1. The summed E-state index contributed by atoms with van der Waals surface area (Å²) in [6, 6.07) is 12.8. The number of aliphatic carboxylic acids is 1. The molecule has 3 rings (SSSR count). The highest BCUT2D eigenvalue weighted by atomic mass is 35.5. The molecular formula is C24H32ClN5O6. The van der Waals surface area contributed by atoms with Gasteiger partial charge in [-0.05, 0) is 37.0 Å². The molecule has 12 heteroatoms. The minimum absolute atomic E-state index is 0. The molecule has 3 atom stereocenters. The molecule has 0 unspecified atom stereocenters. The van der Waals surface area contributed by atoms with E-state index in [-0.39, 0.29) is 31.7 Å². The second kappa shape index (κ2) is 15.6. The number of amides is 2. The normalized spacial score (nSPS) is 17.3. The standard InChI is InChI=1S/C24H31N5O6.ClH/c30-22(19-14-18(35-29-19)10-4-6-12-25-21-11-5-7-13-26-21)27-15-20(23(31)32)28-24(33)34-16-17-8-2-1-3-9-17;/h1-3,5,7-9,11,13,18-20,29H,4,6,10,12,14-16H2,(H,25,26)(H,27,30)(H,28,33)(H,31,32);1H/t18-,19+,20+;/m1./s1. The molecule has 1 aromatic carbocycles. The number of nitrogens with one attached hydrogen (secondary N) is 4. The predicted octanol–water partition coefficient (Wildman–Crippen LogP) is 2.24. The number of carboxylic acids is 1. The van der Waals surface area contributed by atoms with Crippen LogP contribution in [0.1, 0.15) is 31.2 Å². The van der Waals surface area contributed by atoms with Crippen molar-refractivity contribution < 1.29 is 29.1 Å². The van der Waals surface area contributed by atoms with Gasteiger partial charge in [-0.3, -0.25) is 9.63 Å². The Hall–Kier alpha value is -3.41. The van der Waals surface area contributed by atoms with Gasteiger partial charge in [0.05, 0.1) is 6.10 Å². The van der Waals surface area contributed by atoms with Gasteiger partial charge in [0.25, 0.3) is 0 Å². The average molecular weight is 522 g/mol. The van der Waals surface area contributed by atoms with Gasteiger partial charge >= 0.3 is 12.1 Å². The van der Waals surface area contributed by atoms with Crippen molar-refractivity contribution in [1.82, 2.24) is 21.1 Å². The van der Waals surface area contributed by atoms with Gasteiger partial charge in [-0.2, -0.15) is 5.48 Å². The van der Waals surface area contributed by atoms with Gasteiger partial charge in [-0.15, -0.1) is 12.4 Å². The van der Waals surface area contributed by atoms with E-state index in [4.69, 9.17) is 9.57 Å². The fourth-order valence-electron chi connectivity index (χ4n) is 3.49. The van der Waals surface area contributed by atoms with Gasteiger partial charge in [0.2, 0.25) is 5.91 Å². The fraction of sp³-hybridized carbons (Fsp3) is 0.417. The molecule has 2 aromatic rings. The molecular weight excluding hydrogens is 490 g/mol. The van der Waals surface area contributed by atoms with Gasteiger partial charge in [0, 0.05) is 25.7 Å². The zero-order valence-corrected chi connectivity index (χ0v) is 20.5. The van der Waals surface area contributed by atoms with Crippen LogP contribution in [0.4, 0.5) is 10.6 Å². The second-order valence-electron chi connectivity index (χ2n) is 8.13. The van der Waals surface area contributed by atoms with Crippen molar-refractivity contribution in [3.8, 4) is 0 Å². The van der Waals surface area contributed by atoms with E-state index in [9.17, 15) is 19.5 Å². The molecule has 2 heterocycles. The van der Waals surface area contributed by atoms with Crippen LogP contribution in [0.5, 0.6) is 0 Å². The van der Waals surface area contributed by atoms with E-state index >= 15 is 0 Å². The molecule has 196 valence electrons. The number of unbranched alkanes of at least 4 members (excludes halogenated alkanes) is 1. The number of pyridine rings is 1. The number of hydroxylamine groups is 1. The van der Waals surface area contributed by atoms with Gasteiger partial charge in [0.15, 0.2) is 0 Å². The Morgan fingerprint density at radius 3 is 2.64 bits per heavy atom. The molecule has 0 bridgehead atoms. The summed E-state index contributed by atoms with van der Waals surface area (Å²) in [4.78, 5) is 45.6. The molecule has 36 heavy (non-hydrogen) atoms. The van der Waals surface area contributed by atoms with E-state index in [1.54, 1.807) is 30.5 Å². The maximum atomic E-state index is 12.4. The van der Waals surface area contributed by atoms with Gasteiger partial charge < -0.3 is 25.8 Å². The number of hydrogen-bond acceptors (Lipinski definition) is 8. The summed E-state index contributed by atoms with van der Waals surface area (Å²) in [5.74, 6) is -0.841. The summed E-state index contributed by atoms with van der Waals surface area (Å²) < 4.78 is 5.04. The van der Waals surface area contributed by atoms with Crippen molar-refractivity contribution in [2.75, 3.05) is 18.4 Å². The molecule has 2 amide bonds. The van der Waals surface area contributed by atoms with Crippen LogP contribution in [0.2, 0.25) is 0 Å². The third kappa shape index (κ3) is 10.1. The van der Waals surface area contributed by atoms with Crippen LogP contribution in [0.15, 0.2) is 54.7 Å². The monoisotopic (exact) mass is 521 g/mol. The Morgan fingerprint density at radius 1 is 1.14 bits per heavy atom. The molecule has 1 saturated heterocycles. The average Bonchev–Trinajstić information content (AvgIpc) is 3.35. The number of rotatable bonds is 13. The number of ether oxygens (including phenoxy) is 1. The molecule has 0 radical (unpaired) electrons. The highest BCUT2D eigenvalue weighted by Crippen LogP contribution is 2.17. The lowest BCUT2D eigenvalue weighted by molar-refractivity contribution is -0.139. The molecule has 1 fully saturated rings. The van der Waals surface area contributed by atoms with Crippen molar-refractivity contribution in [3.63, 3.8) is 0 Å². The topological polar surface area (TPSA) is 151 Å². The van der Waals surface area contributed by atoms with Gasteiger partial charge in [0.1, 0.15) is 24.5 Å². The molecule has 1 aliphatic rings. The maximum absolute atomic E-state index is 12.4. The zero-order valence-electron chi connectivity index (χ0n) is 19.7. The lowest BCUT2D eigenvalue weighted by Gasteiger charge is -2.16. The summed E-state index contributed by atoms with van der Waals surface area (Å²) in [5.41, 5.74) is 3.48. The molecule has 11 nitrogen and oxygen atoms in total. The first-order chi connectivity index (χ1) is 17.0. The van der Waals surface area contributed by atoms with E-state index in [1.165, 1.54) is 0 Å². The summed E-state index contributed by atoms with van der Waals surface area (Å²) in [5, 5.41) is 17.4. The Kier molecular flexibility index (Phi) is 12.5. The number of nitrogens with zero attached hydrogens (tertiary/aromatic N) is 1. The first kappa shape index (κ1) is 28.8. The molecule has 5 N–H and O–H groups in total. The van der Waals surface area contributed by atoms with Crippen LogP contribution in [0, 0.1) is 0 Å². The van der Waals surface area contributed by atoms with Gasteiger partial charge in [-0.25, -0.2) is 14.6 Å². The number of benzene rings is 1. The van der Waals surface area contributed by atoms with E-state index in [1.807, 2.05) is 24.3 Å². The highest BCUT2D eigenvalue weighted by Gasteiger charge is 2.31. The maximum Gasteiger partial charge on any atom is 0.408 e. The highest BCUT2D eigenvalue weighted by molar-refractivity contribution is 5.85. The largest absolute Gasteiger partial charge is 0.480 e. The second-order valence-corrected chi connectivity index (χ2v) is 8.13. The molecule has 0 saturated carbocycles. The Labute approximate surface area is 215 Å². The molecule has 1 aromatic heterocycles. The van der Waals surface area contributed by atoms with Crippen LogP contribution in [-0.4, -0.2) is 59.3 Å². The van der Waals surface area contributed by atoms with Crippen molar-refractivity contribution >= 4 is 36.2 Å². The van der Waals surface area contributed by atoms with Crippen LogP contribution in [-0.2, 0) is 25.8 Å². The Balaban J connectivity index is 0.00000456. The summed E-state index contributed by atoms with van der Waals surface area (Å²) >= 11 is 0. The number of halogens is 1. The third-order valence-electron chi connectivity index (χ3n) is 5.40. The summed E-state index contributed by atoms with van der Waals surface area (Å²) in [6.07, 6.45) is 3.85. The third-order valence-corrected chi connectivity index (χ3v) is 5.40. The molecule has 0 spiro atoms. The number of hydrogen-bond donors (Lipinski definition) is 5. The Bertz CT molecular complexity index is 953. The van der Waals surface area contributed by atoms with Crippen LogP contribution >= 0.6 is 12.4 Å². The number of carboxylic acid groups (broad SMARTS) is 1. The zero-order chi connectivity index (χ0) is 24.9. The first-order valence-corrected chi connectivity index (χ1v) is 11.5. The van der Waals surface area contributed by atoms with E-state index in [0.29, 0.717) is 6.42 Å². The van der Waals surface area contributed by atoms with Crippen molar-refractivity contribution in [3.05, 3.63) is 60.3 Å². The van der Waals surface area contributed by atoms with E-state index in [0.717, 1.165) is 37.2 Å². The fourth-order valence-corrected chi connectivity index (χ4v) is 3.49. The number of aromatic nitrogens is 1. The molecule has 0 aliphatic carbocycles. The number of carbonyl (C=O) groups is 3. The van der Waals surface area contributed by atoms with Crippen molar-refractivity contribution in [2.24, 2.45) is 0 Å². The lowest BCUT2D eigenvalue weighted by Crippen LogP contribution is -2.51. The van der Waals surface area contributed by atoms with Crippen LogP contribution in [0.3, 0.4) is 0 Å². The minimum atomic E-state index is -1.33. The van der Waals surface area contributed by atoms with E-state index in [2.05, 4.69) is 26.4 Å². The van der Waals surface area contributed by atoms with Crippen molar-refractivity contribution in [1.29, 1.82) is 0 Å². The van der Waals surface area contributed by atoms with Crippen LogP contribution in [0.25, 0.3) is 0 Å². The first-order valence-electron chi connectivity index (χ1n) is 11.5.